The van der Waals surface area contributed by atoms with Crippen LogP contribution in [0.25, 0.3) is 0 Å². The van der Waals surface area contributed by atoms with Crippen LogP contribution in [0.5, 0.6) is 0 Å². The van der Waals surface area contributed by atoms with E-state index in [1.807, 2.05) is 0 Å². The third kappa shape index (κ3) is 2.38. The number of carbonyl (C=O) groups excluding carboxylic acids is 1. The number of rotatable bonds is 2. The second kappa shape index (κ2) is 5.90. The molecule has 0 fully saturated rings. The summed E-state index contributed by atoms with van der Waals surface area (Å²) in [5, 5.41) is 5.60. The van der Waals surface area contributed by atoms with Crippen LogP contribution in [0.4, 0.5) is 0 Å². The largest absolute Gasteiger partial charge is 0.277 e. The molecule has 2 aliphatic heterocycles. The highest BCUT2D eigenvalue weighted by Crippen LogP contribution is 2.38. The first-order valence-electron chi connectivity index (χ1n) is 7.80. The van der Waals surface area contributed by atoms with E-state index in [0.29, 0.717) is 11.1 Å². The van der Waals surface area contributed by atoms with Gasteiger partial charge in [0.15, 0.2) is 12.1 Å². The topological polar surface area (TPSA) is 73.3 Å². The van der Waals surface area contributed by atoms with Gasteiger partial charge in [0.2, 0.25) is 0 Å². The summed E-state index contributed by atoms with van der Waals surface area (Å²) in [6.45, 7) is 0. The van der Waals surface area contributed by atoms with Gasteiger partial charge in [-0.15, -0.1) is 5.10 Å². The zero-order chi connectivity index (χ0) is 18.6. The van der Waals surface area contributed by atoms with Crippen molar-refractivity contribution in [2.45, 2.75) is 11.2 Å². The Labute approximate surface area is 159 Å². The lowest BCUT2D eigenvalue weighted by atomic mass is 10.2. The monoisotopic (exact) mass is 434 g/mol. The van der Waals surface area contributed by atoms with E-state index in [4.69, 9.17) is 0 Å². The van der Waals surface area contributed by atoms with Crippen LogP contribution in [0.15, 0.2) is 63.0 Å². The molecule has 0 unspecified atom stereocenters. The Morgan fingerprint density at radius 1 is 1.12 bits per heavy atom. The number of benzene rings is 2. The maximum absolute atomic E-state index is 13.0. The van der Waals surface area contributed by atoms with Crippen LogP contribution < -0.4 is 0 Å². The zero-order valence-corrected chi connectivity index (χ0v) is 16.4. The Morgan fingerprint density at radius 3 is 2.42 bits per heavy atom. The van der Waals surface area contributed by atoms with Crippen molar-refractivity contribution in [2.24, 2.45) is 5.10 Å². The Morgan fingerprint density at radius 2 is 1.77 bits per heavy atom. The molecule has 2 aromatic rings. The zero-order valence-electron chi connectivity index (χ0n) is 14.0. The second-order valence-electron chi connectivity index (χ2n) is 6.19. The van der Waals surface area contributed by atoms with Crippen LogP contribution in [0.2, 0.25) is 0 Å². The molecule has 1 atom stereocenters. The standard InChI is InChI=1S/C17H15BrN4O3S/c1-20(2)17-21(16(23)11-7-9-12(18)10-8-11)19-15-13-5-3-4-6-14(13)26(24,25)22(15)17/h3-10,17H,1-2H3/t17-/m1/s1. The molecule has 0 bridgehead atoms. The van der Waals surface area contributed by atoms with Crippen LogP contribution >= 0.6 is 15.9 Å². The molecule has 0 aromatic heterocycles. The van der Waals surface area contributed by atoms with E-state index in [-0.39, 0.29) is 16.6 Å². The molecule has 7 nitrogen and oxygen atoms in total. The average molecular weight is 435 g/mol. The number of hydrogen-bond donors (Lipinski definition) is 0. The highest BCUT2D eigenvalue weighted by Gasteiger charge is 2.52. The van der Waals surface area contributed by atoms with Gasteiger partial charge in [-0.25, -0.2) is 12.7 Å². The lowest BCUT2D eigenvalue weighted by Crippen LogP contribution is -2.53. The van der Waals surface area contributed by atoms with Gasteiger partial charge in [-0.1, -0.05) is 28.1 Å². The molecular weight excluding hydrogens is 420 g/mol. The number of hydrogen-bond acceptors (Lipinski definition) is 5. The first-order chi connectivity index (χ1) is 12.3. The molecular formula is C17H15BrN4O3S. The fourth-order valence-electron chi connectivity index (χ4n) is 3.10. The van der Waals surface area contributed by atoms with E-state index >= 15 is 0 Å². The molecule has 0 saturated carbocycles. The minimum atomic E-state index is -3.77. The molecule has 0 saturated heterocycles. The number of hydrazone groups is 1. The summed E-state index contributed by atoms with van der Waals surface area (Å²) in [6, 6.07) is 13.5. The van der Waals surface area contributed by atoms with Gasteiger partial charge in [0, 0.05) is 15.6 Å². The summed E-state index contributed by atoms with van der Waals surface area (Å²) < 4.78 is 28.1. The molecule has 0 radical (unpaired) electrons. The van der Waals surface area contributed by atoms with Crippen molar-refractivity contribution >= 4 is 37.7 Å². The Hall–Kier alpha value is -2.23. The third-order valence-electron chi connectivity index (χ3n) is 4.27. The molecule has 1 amide bonds. The lowest BCUT2D eigenvalue weighted by molar-refractivity contribution is 0.0341. The molecule has 2 heterocycles. The SMILES string of the molecule is CN(C)[C@@H]1N(C(=O)c2ccc(Br)cc2)N=C2c3ccccc3S(=O)(=O)N21. The first-order valence-corrected chi connectivity index (χ1v) is 10.0. The molecule has 0 N–H and O–H groups in total. The lowest BCUT2D eigenvalue weighted by Gasteiger charge is -2.32. The molecule has 0 aliphatic carbocycles. The molecule has 9 heteroatoms. The number of amidine groups is 1. The van der Waals surface area contributed by atoms with Crippen molar-refractivity contribution in [2.75, 3.05) is 14.1 Å². The van der Waals surface area contributed by atoms with E-state index < -0.39 is 16.3 Å². The molecule has 4 rings (SSSR count). The van der Waals surface area contributed by atoms with Crippen LogP contribution in [0.3, 0.4) is 0 Å². The molecule has 2 aliphatic rings. The number of fused-ring (bicyclic) bond motifs is 3. The summed E-state index contributed by atoms with van der Waals surface area (Å²) in [6.07, 6.45) is -0.862. The average Bonchev–Trinajstić information content (AvgIpc) is 3.11. The first kappa shape index (κ1) is 17.2. The van der Waals surface area contributed by atoms with Gasteiger partial charge in [-0.3, -0.25) is 9.69 Å². The summed E-state index contributed by atoms with van der Waals surface area (Å²) in [5.74, 6) is -0.101. The predicted molar refractivity (Wildman–Crippen MR) is 99.8 cm³/mol. The summed E-state index contributed by atoms with van der Waals surface area (Å²) in [7, 11) is -0.350. The minimum Gasteiger partial charge on any atom is -0.270 e. The summed E-state index contributed by atoms with van der Waals surface area (Å²) in [4.78, 5) is 14.8. The van der Waals surface area contributed by atoms with E-state index in [2.05, 4.69) is 21.0 Å². The van der Waals surface area contributed by atoms with Gasteiger partial charge in [0.25, 0.3) is 15.9 Å². The second-order valence-corrected chi connectivity index (χ2v) is 8.89. The van der Waals surface area contributed by atoms with Crippen molar-refractivity contribution < 1.29 is 13.2 Å². The highest BCUT2D eigenvalue weighted by molar-refractivity contribution is 9.10. The third-order valence-corrected chi connectivity index (χ3v) is 6.59. The van der Waals surface area contributed by atoms with Crippen molar-refractivity contribution in [1.82, 2.24) is 14.2 Å². The van der Waals surface area contributed by atoms with Crippen LogP contribution in [-0.2, 0) is 10.0 Å². The molecule has 134 valence electrons. The van der Waals surface area contributed by atoms with Gasteiger partial charge < -0.3 is 0 Å². The normalized spacial score (nSPS) is 20.2. The number of carbonyl (C=O) groups is 1. The quantitative estimate of drug-likeness (QED) is 0.725. The summed E-state index contributed by atoms with van der Waals surface area (Å²) >= 11 is 3.34. The van der Waals surface area contributed by atoms with Crippen molar-refractivity contribution in [3.63, 3.8) is 0 Å². The molecule has 0 spiro atoms. The van der Waals surface area contributed by atoms with E-state index in [9.17, 15) is 13.2 Å². The maximum Gasteiger partial charge on any atom is 0.277 e. The minimum absolute atomic E-state index is 0.210. The fourth-order valence-corrected chi connectivity index (χ4v) is 5.16. The smallest absolute Gasteiger partial charge is 0.270 e. The van der Waals surface area contributed by atoms with E-state index in [0.717, 1.165) is 4.47 Å². The van der Waals surface area contributed by atoms with Crippen molar-refractivity contribution in [1.29, 1.82) is 0 Å². The Balaban J connectivity index is 1.84. The van der Waals surface area contributed by atoms with Crippen molar-refractivity contribution in [3.05, 3.63) is 64.1 Å². The summed E-state index contributed by atoms with van der Waals surface area (Å²) in [5.41, 5.74) is 0.932. The molecule has 2 aromatic carbocycles. The van der Waals surface area contributed by atoms with Crippen LogP contribution in [0, 0.1) is 0 Å². The predicted octanol–water partition coefficient (Wildman–Crippen LogP) is 2.12. The number of amides is 1. The molecule has 26 heavy (non-hydrogen) atoms. The van der Waals surface area contributed by atoms with Crippen LogP contribution in [0.1, 0.15) is 15.9 Å². The van der Waals surface area contributed by atoms with Crippen LogP contribution in [-0.4, -0.2) is 54.8 Å². The number of halogens is 1. The number of sulfonamides is 1. The van der Waals surface area contributed by atoms with Gasteiger partial charge >= 0.3 is 0 Å². The van der Waals surface area contributed by atoms with Gasteiger partial charge in [-0.05, 0) is 50.5 Å². The Kier molecular flexibility index (Phi) is 3.90. The highest BCUT2D eigenvalue weighted by atomic mass is 79.9. The van der Waals surface area contributed by atoms with Gasteiger partial charge in [0.05, 0.1) is 4.90 Å². The van der Waals surface area contributed by atoms with Gasteiger partial charge in [0.1, 0.15) is 0 Å². The van der Waals surface area contributed by atoms with Crippen molar-refractivity contribution in [3.8, 4) is 0 Å². The van der Waals surface area contributed by atoms with Gasteiger partial charge in [-0.2, -0.15) is 5.01 Å². The fraction of sp³-hybridized carbons (Fsp3) is 0.176. The Bertz CT molecular complexity index is 1030. The number of nitrogens with zero attached hydrogens (tertiary/aromatic N) is 4. The van der Waals surface area contributed by atoms with E-state index in [1.54, 1.807) is 67.5 Å². The maximum atomic E-state index is 13.0. The van der Waals surface area contributed by atoms with E-state index in [1.165, 1.54) is 9.31 Å².